The third-order valence-corrected chi connectivity index (χ3v) is 3.48. The first-order valence-electron chi connectivity index (χ1n) is 7.43. The molecule has 0 fully saturated rings. The van der Waals surface area contributed by atoms with Crippen molar-refractivity contribution in [3.05, 3.63) is 12.7 Å². The van der Waals surface area contributed by atoms with Gasteiger partial charge in [-0.1, -0.05) is 6.58 Å². The number of esters is 2. The van der Waals surface area contributed by atoms with Gasteiger partial charge in [0.2, 0.25) is 0 Å². The van der Waals surface area contributed by atoms with Crippen LogP contribution in [0.4, 0.5) is 4.79 Å². The summed E-state index contributed by atoms with van der Waals surface area (Å²) in [7, 11) is 0.867. The summed E-state index contributed by atoms with van der Waals surface area (Å²) >= 11 is 0. The van der Waals surface area contributed by atoms with Gasteiger partial charge in [0, 0.05) is 13.0 Å². The lowest BCUT2D eigenvalue weighted by molar-refractivity contribution is -0.870. The van der Waals surface area contributed by atoms with E-state index in [0.29, 0.717) is 11.0 Å². The van der Waals surface area contributed by atoms with E-state index in [1.54, 1.807) is 0 Å². The number of nitrogens with zero attached hydrogens (tertiary/aromatic N) is 1. The molecule has 150 valence electrons. The second-order valence-corrected chi connectivity index (χ2v) is 7.42. The Kier molecular flexibility index (Phi) is 10.3. The molecule has 0 N–H and O–H groups in total. The van der Waals surface area contributed by atoms with Crippen LogP contribution in [0, 0.1) is 0 Å². The third-order valence-electron chi connectivity index (χ3n) is 2.52. The summed E-state index contributed by atoms with van der Waals surface area (Å²) in [5.74, 6) is -1.76. The van der Waals surface area contributed by atoms with E-state index in [9.17, 15) is 23.8 Å². The minimum Gasteiger partial charge on any atom is -0.756 e. The molecule has 0 bridgehead atoms. The molecule has 26 heavy (non-hydrogen) atoms. The van der Waals surface area contributed by atoms with E-state index >= 15 is 0 Å². The van der Waals surface area contributed by atoms with Gasteiger partial charge in [0.25, 0.3) is 7.82 Å². The second kappa shape index (κ2) is 11.0. The molecule has 11 nitrogen and oxygen atoms in total. The van der Waals surface area contributed by atoms with Gasteiger partial charge in [0.1, 0.15) is 19.8 Å². The van der Waals surface area contributed by atoms with Crippen molar-refractivity contribution in [2.45, 2.75) is 13.0 Å². The monoisotopic (exact) mass is 397 g/mol. The van der Waals surface area contributed by atoms with E-state index in [0.717, 1.165) is 13.0 Å². The van der Waals surface area contributed by atoms with Crippen molar-refractivity contribution < 1.29 is 51.6 Å². The van der Waals surface area contributed by atoms with Crippen molar-refractivity contribution in [2.75, 3.05) is 47.5 Å². The number of carbonyl (C=O) groups excluding carboxylic acids is 3. The van der Waals surface area contributed by atoms with Crippen LogP contribution in [0.1, 0.15) is 6.92 Å². The van der Waals surface area contributed by atoms with E-state index in [4.69, 9.17) is 0 Å². The number of hydrogen-bond acceptors (Lipinski definition) is 10. The van der Waals surface area contributed by atoms with Gasteiger partial charge in [0.15, 0.2) is 6.10 Å². The number of likely N-dealkylation sites (N-methyl/N-ethyl adjacent to an activating group) is 1. The predicted molar refractivity (Wildman–Crippen MR) is 85.6 cm³/mol. The molecule has 0 aliphatic rings. The summed E-state index contributed by atoms with van der Waals surface area (Å²) in [5, 5.41) is 0. The highest BCUT2D eigenvalue weighted by Gasteiger charge is 2.22. The van der Waals surface area contributed by atoms with Gasteiger partial charge in [-0.15, -0.1) is 0 Å². The zero-order valence-electron chi connectivity index (χ0n) is 15.2. The van der Waals surface area contributed by atoms with Crippen molar-refractivity contribution in [3.63, 3.8) is 0 Å². The Hall–Kier alpha value is -1.78. The normalized spacial score (nSPS) is 14.7. The lowest BCUT2D eigenvalue weighted by atomic mass is 10.4. The zero-order chi connectivity index (χ0) is 20.4. The zero-order valence-corrected chi connectivity index (χ0v) is 16.1. The highest BCUT2D eigenvalue weighted by atomic mass is 31.2. The van der Waals surface area contributed by atoms with E-state index in [-0.39, 0.29) is 6.61 Å². The Bertz CT molecular complexity index is 556. The fourth-order valence-corrected chi connectivity index (χ4v) is 1.98. The number of hydrogen-bond donors (Lipinski definition) is 0. The fraction of sp³-hybridized carbons (Fsp3) is 0.643. The Morgan fingerprint density at radius 2 is 1.81 bits per heavy atom. The maximum absolute atomic E-state index is 11.7. The Balaban J connectivity index is 4.62. The first-order valence-corrected chi connectivity index (χ1v) is 8.89. The number of phosphoric acid groups is 1. The summed E-state index contributed by atoms with van der Waals surface area (Å²) in [4.78, 5) is 44.8. The summed E-state index contributed by atoms with van der Waals surface area (Å²) in [6.45, 7) is 3.27. The van der Waals surface area contributed by atoms with Gasteiger partial charge >= 0.3 is 18.1 Å². The fourth-order valence-electron chi connectivity index (χ4n) is 1.25. The van der Waals surface area contributed by atoms with Crippen LogP contribution < -0.4 is 4.89 Å². The number of rotatable bonds is 11. The second-order valence-electron chi connectivity index (χ2n) is 6.01. The summed E-state index contributed by atoms with van der Waals surface area (Å²) < 4.78 is 35.0. The largest absolute Gasteiger partial charge is 0.756 e. The topological polar surface area (TPSA) is 137 Å². The van der Waals surface area contributed by atoms with E-state index in [1.165, 1.54) is 0 Å². The van der Waals surface area contributed by atoms with E-state index in [2.05, 4.69) is 29.8 Å². The minimum absolute atomic E-state index is 0.115. The summed E-state index contributed by atoms with van der Waals surface area (Å²) in [5.41, 5.74) is 0. The van der Waals surface area contributed by atoms with Gasteiger partial charge in [-0.25, -0.2) is 9.59 Å². The third kappa shape index (κ3) is 13.5. The first-order chi connectivity index (χ1) is 11.8. The molecule has 0 aliphatic heterocycles. The summed E-state index contributed by atoms with van der Waals surface area (Å²) in [6.07, 6.45) is -2.04. The standard InChI is InChI=1S/C14H24NO10P/c1-6-13(17)25-14(18)24-12(9-21-11(2)16)10-23-26(19,20)22-8-7-15(3,4)5/h6,12H,1,7-10H2,2-5H3. The van der Waals surface area contributed by atoms with Gasteiger partial charge in [-0.3, -0.25) is 9.36 Å². The van der Waals surface area contributed by atoms with Crippen molar-refractivity contribution in [1.82, 2.24) is 0 Å². The molecule has 0 heterocycles. The maximum atomic E-state index is 11.7. The lowest BCUT2D eigenvalue weighted by Gasteiger charge is -2.28. The van der Waals surface area contributed by atoms with Crippen LogP contribution in [0.15, 0.2) is 12.7 Å². The van der Waals surface area contributed by atoms with Crippen LogP contribution in [0.25, 0.3) is 0 Å². The molecule has 0 aromatic carbocycles. The molecule has 2 atom stereocenters. The molecular weight excluding hydrogens is 373 g/mol. The molecule has 0 aromatic rings. The summed E-state index contributed by atoms with van der Waals surface area (Å²) in [6, 6.07) is 0. The number of quaternary nitrogens is 1. The molecule has 2 unspecified atom stereocenters. The highest BCUT2D eigenvalue weighted by Crippen LogP contribution is 2.38. The van der Waals surface area contributed by atoms with Gasteiger partial charge < -0.3 is 32.6 Å². The number of carbonyl (C=O) groups is 3. The molecule has 0 saturated heterocycles. The smallest absolute Gasteiger partial charge is 0.516 e. The van der Waals surface area contributed by atoms with Crippen molar-refractivity contribution in [1.29, 1.82) is 0 Å². The molecule has 0 spiro atoms. The molecule has 12 heteroatoms. The highest BCUT2D eigenvalue weighted by molar-refractivity contribution is 7.45. The maximum Gasteiger partial charge on any atom is 0.516 e. The molecular formula is C14H24NO10P. The van der Waals surface area contributed by atoms with Crippen LogP contribution >= 0.6 is 7.82 Å². The molecule has 0 rings (SSSR count). The first kappa shape index (κ1) is 24.2. The predicted octanol–water partition coefficient (Wildman–Crippen LogP) is -0.00830. The molecule has 0 saturated carbocycles. The molecule has 0 amide bonds. The lowest BCUT2D eigenvalue weighted by Crippen LogP contribution is -2.37. The van der Waals surface area contributed by atoms with E-state index in [1.807, 2.05) is 21.1 Å². The van der Waals surface area contributed by atoms with Gasteiger partial charge in [0.05, 0.1) is 27.7 Å². The average Bonchev–Trinajstić information content (AvgIpc) is 2.48. The van der Waals surface area contributed by atoms with Crippen molar-refractivity contribution in [3.8, 4) is 0 Å². The Labute approximate surface area is 151 Å². The SMILES string of the molecule is C=CC(=O)OC(=O)OC(COC(C)=O)COP(=O)([O-])OCC[N+](C)(C)C. The molecule has 0 aliphatic carbocycles. The molecule has 0 radical (unpaired) electrons. The average molecular weight is 397 g/mol. The van der Waals surface area contributed by atoms with Crippen LogP contribution in [0.5, 0.6) is 0 Å². The van der Waals surface area contributed by atoms with Crippen LogP contribution in [-0.4, -0.2) is 76.2 Å². The Morgan fingerprint density at radius 3 is 2.31 bits per heavy atom. The van der Waals surface area contributed by atoms with Gasteiger partial charge in [-0.2, -0.15) is 0 Å². The van der Waals surface area contributed by atoms with Crippen molar-refractivity contribution in [2.24, 2.45) is 0 Å². The number of ether oxygens (including phenoxy) is 3. The van der Waals surface area contributed by atoms with Crippen LogP contribution in [0.3, 0.4) is 0 Å². The van der Waals surface area contributed by atoms with Crippen molar-refractivity contribution >= 4 is 25.9 Å². The Morgan fingerprint density at radius 1 is 1.19 bits per heavy atom. The minimum atomic E-state index is -4.67. The van der Waals surface area contributed by atoms with E-state index < -0.39 is 45.2 Å². The number of phosphoric ester groups is 1. The van der Waals surface area contributed by atoms with Crippen LogP contribution in [-0.2, 0) is 37.4 Å². The quantitative estimate of drug-likeness (QED) is 0.154. The molecule has 0 aromatic heterocycles. The van der Waals surface area contributed by atoms with Gasteiger partial charge in [-0.05, 0) is 0 Å². The van der Waals surface area contributed by atoms with Crippen LogP contribution in [0.2, 0.25) is 0 Å².